The summed E-state index contributed by atoms with van der Waals surface area (Å²) >= 11 is 6.39. The van der Waals surface area contributed by atoms with Gasteiger partial charge in [0.15, 0.2) is 6.61 Å². The molecule has 0 saturated carbocycles. The molecule has 0 atom stereocenters. The van der Waals surface area contributed by atoms with E-state index >= 15 is 0 Å². The minimum atomic E-state index is -4.58. The lowest BCUT2D eigenvalue weighted by molar-refractivity contribution is -0.139. The maximum absolute atomic E-state index is 13.8. The zero-order chi connectivity index (χ0) is 25.1. The predicted octanol–water partition coefficient (Wildman–Crippen LogP) is 4.58. The van der Waals surface area contributed by atoms with Gasteiger partial charge in [0.1, 0.15) is 30.3 Å². The normalized spacial score (nSPS) is 11.9. The molecule has 0 spiro atoms. The zero-order valence-corrected chi connectivity index (χ0v) is 19.3. The van der Waals surface area contributed by atoms with Gasteiger partial charge in [-0.1, -0.05) is 11.6 Å². The Morgan fingerprint density at radius 2 is 1.94 bits per heavy atom. The number of rotatable bonds is 7. The fourth-order valence-corrected chi connectivity index (χ4v) is 3.68. The van der Waals surface area contributed by atoms with Crippen molar-refractivity contribution in [2.24, 2.45) is 4.36 Å². The number of carbonyl (C=O) groups excluding carboxylic acids is 1. The maximum Gasteiger partial charge on any atom is 0.405 e. The van der Waals surface area contributed by atoms with Crippen molar-refractivity contribution in [3.63, 3.8) is 0 Å². The third-order valence-electron chi connectivity index (χ3n) is 4.04. The molecule has 0 bridgehead atoms. The number of hydrogen-bond acceptors (Lipinski definition) is 7. The molecule has 3 rings (SSSR count). The molecule has 0 unspecified atom stereocenters. The van der Waals surface area contributed by atoms with E-state index in [1.165, 1.54) is 31.0 Å². The second kappa shape index (κ2) is 9.97. The van der Waals surface area contributed by atoms with E-state index in [9.17, 15) is 26.6 Å². The predicted molar refractivity (Wildman–Crippen MR) is 121 cm³/mol. The van der Waals surface area contributed by atoms with E-state index in [0.29, 0.717) is 16.6 Å². The number of benzene rings is 2. The second-order valence-corrected chi connectivity index (χ2v) is 10.2. The molecule has 8 nitrogen and oxygen atoms in total. The summed E-state index contributed by atoms with van der Waals surface area (Å²) < 4.78 is 71.8. The van der Waals surface area contributed by atoms with E-state index in [4.69, 9.17) is 16.3 Å². The largest absolute Gasteiger partial charge is 0.481 e. The number of nitrogens with one attached hydrogen (secondary N) is 2. The van der Waals surface area contributed by atoms with Crippen molar-refractivity contribution in [2.45, 2.75) is 6.18 Å². The molecule has 34 heavy (non-hydrogen) atoms. The van der Waals surface area contributed by atoms with Gasteiger partial charge in [-0.25, -0.2) is 18.6 Å². The Morgan fingerprint density at radius 3 is 2.62 bits per heavy atom. The lowest BCUT2D eigenvalue weighted by atomic mass is 10.2. The van der Waals surface area contributed by atoms with Gasteiger partial charge in [-0.3, -0.25) is 4.79 Å². The van der Waals surface area contributed by atoms with Crippen molar-refractivity contribution >= 4 is 55.3 Å². The summed E-state index contributed by atoms with van der Waals surface area (Å²) in [6.07, 6.45) is -0.407. The molecule has 0 aliphatic rings. The number of amides is 1. The first-order chi connectivity index (χ1) is 15.8. The van der Waals surface area contributed by atoms with Crippen LogP contribution in [0.15, 0.2) is 41.0 Å². The number of carbonyl (C=O) groups is 1. The molecular weight excluding hydrogens is 502 g/mol. The van der Waals surface area contributed by atoms with Crippen LogP contribution < -0.4 is 15.4 Å². The Labute approximate surface area is 196 Å². The fraction of sp³-hybridized carbons (Fsp3) is 0.250. The van der Waals surface area contributed by atoms with Crippen LogP contribution in [0.2, 0.25) is 5.02 Å². The molecule has 1 heterocycles. The topological polar surface area (TPSA) is 106 Å². The van der Waals surface area contributed by atoms with Gasteiger partial charge in [-0.2, -0.15) is 17.5 Å². The van der Waals surface area contributed by atoms with Crippen molar-refractivity contribution in [1.82, 2.24) is 15.3 Å². The molecule has 182 valence electrons. The summed E-state index contributed by atoms with van der Waals surface area (Å²) in [6.45, 7) is -2.30. The van der Waals surface area contributed by atoms with Crippen LogP contribution >= 0.6 is 11.6 Å². The molecule has 1 aromatic heterocycles. The third-order valence-corrected chi connectivity index (χ3v) is 4.99. The summed E-state index contributed by atoms with van der Waals surface area (Å²) in [6, 6.07) is 6.42. The minimum absolute atomic E-state index is 0.145. The van der Waals surface area contributed by atoms with E-state index in [1.54, 1.807) is 11.4 Å². The number of nitrogens with zero attached hydrogens (tertiary/aromatic N) is 3. The quantitative estimate of drug-likeness (QED) is 0.443. The smallest absolute Gasteiger partial charge is 0.405 e. The van der Waals surface area contributed by atoms with E-state index in [2.05, 4.69) is 19.6 Å². The number of ether oxygens (including phenoxy) is 1. The van der Waals surface area contributed by atoms with Crippen LogP contribution in [-0.4, -0.2) is 51.9 Å². The first-order valence-corrected chi connectivity index (χ1v) is 12.2. The maximum atomic E-state index is 13.8. The van der Waals surface area contributed by atoms with E-state index in [0.717, 1.165) is 12.1 Å². The fourth-order valence-electron chi connectivity index (χ4n) is 2.77. The lowest BCUT2D eigenvalue weighted by Gasteiger charge is -2.15. The van der Waals surface area contributed by atoms with Crippen LogP contribution in [0, 0.1) is 5.82 Å². The van der Waals surface area contributed by atoms with E-state index in [-0.39, 0.29) is 22.3 Å². The average Bonchev–Trinajstić information content (AvgIpc) is 2.70. The van der Waals surface area contributed by atoms with Crippen molar-refractivity contribution in [3.8, 4) is 5.75 Å². The SMILES string of the molecule is CS(C)(=O)=Nc1cc(Cl)c2c(Nc3ccc(F)cc3OCC(=O)NCC(F)(F)F)ncnc2c1. The molecule has 0 aliphatic heterocycles. The van der Waals surface area contributed by atoms with Gasteiger partial charge in [0.25, 0.3) is 5.91 Å². The van der Waals surface area contributed by atoms with Crippen LogP contribution in [0.3, 0.4) is 0 Å². The molecule has 0 aliphatic carbocycles. The van der Waals surface area contributed by atoms with Crippen LogP contribution in [0.25, 0.3) is 10.9 Å². The number of hydrogen-bond donors (Lipinski definition) is 2. The third kappa shape index (κ3) is 7.15. The first kappa shape index (κ1) is 25.4. The van der Waals surface area contributed by atoms with Gasteiger partial charge < -0.3 is 15.4 Å². The van der Waals surface area contributed by atoms with Gasteiger partial charge in [-0.15, -0.1) is 0 Å². The van der Waals surface area contributed by atoms with Crippen molar-refractivity contribution in [3.05, 3.63) is 47.5 Å². The summed E-state index contributed by atoms with van der Waals surface area (Å²) in [5, 5.41) is 5.13. The molecule has 3 aromatic rings. The van der Waals surface area contributed by atoms with Crippen LogP contribution in [0.1, 0.15) is 0 Å². The molecule has 2 N–H and O–H groups in total. The van der Waals surface area contributed by atoms with E-state index < -0.39 is 40.8 Å². The molecule has 1 amide bonds. The molecule has 14 heteroatoms. The number of halogens is 5. The number of anilines is 2. The molecule has 2 aromatic carbocycles. The van der Waals surface area contributed by atoms with Gasteiger partial charge in [0.05, 0.1) is 27.3 Å². The van der Waals surface area contributed by atoms with Gasteiger partial charge >= 0.3 is 6.18 Å². The number of alkyl halides is 3. The Kier molecular flexibility index (Phi) is 7.46. The average molecular weight is 520 g/mol. The highest BCUT2D eigenvalue weighted by atomic mass is 35.5. The zero-order valence-electron chi connectivity index (χ0n) is 17.7. The lowest BCUT2D eigenvalue weighted by Crippen LogP contribution is -2.36. The standard InChI is InChI=1S/C20H18ClF4N5O3S/c1-34(2,32)30-12-6-13(21)18-15(7-12)27-10-28-19(18)29-14-4-3-11(22)5-16(14)33-8-17(31)26-9-20(23,24)25/h3-7,10H,8-9H2,1-2H3,(H,26,31)(H,27,28,29). The summed E-state index contributed by atoms with van der Waals surface area (Å²) in [7, 11) is -2.45. The highest BCUT2D eigenvalue weighted by Crippen LogP contribution is 2.36. The van der Waals surface area contributed by atoms with E-state index in [1.807, 2.05) is 0 Å². The van der Waals surface area contributed by atoms with Gasteiger partial charge in [-0.05, 0) is 24.3 Å². The Morgan fingerprint density at radius 1 is 1.21 bits per heavy atom. The first-order valence-electron chi connectivity index (χ1n) is 9.45. The molecule has 0 fully saturated rings. The summed E-state index contributed by atoms with van der Waals surface area (Å²) in [4.78, 5) is 19.9. The van der Waals surface area contributed by atoms with Crippen LogP contribution in [-0.2, 0) is 14.5 Å². The molecule has 0 saturated heterocycles. The van der Waals surface area contributed by atoms with Crippen LogP contribution in [0.4, 0.5) is 34.8 Å². The monoisotopic (exact) mass is 519 g/mol. The highest BCUT2D eigenvalue weighted by molar-refractivity contribution is 7.92. The van der Waals surface area contributed by atoms with Crippen molar-refractivity contribution < 1.29 is 31.3 Å². The Balaban J connectivity index is 1.89. The number of aromatic nitrogens is 2. The molecule has 0 radical (unpaired) electrons. The Bertz CT molecular complexity index is 1350. The second-order valence-electron chi connectivity index (χ2n) is 7.26. The van der Waals surface area contributed by atoms with Gasteiger partial charge in [0, 0.05) is 28.3 Å². The van der Waals surface area contributed by atoms with Crippen molar-refractivity contribution in [1.29, 1.82) is 0 Å². The van der Waals surface area contributed by atoms with Crippen molar-refractivity contribution in [2.75, 3.05) is 31.0 Å². The summed E-state index contributed by atoms with van der Waals surface area (Å²) in [5.74, 6) is -1.68. The van der Waals surface area contributed by atoms with Gasteiger partial charge in [0.2, 0.25) is 0 Å². The molecular formula is C20H18ClF4N5O3S. The minimum Gasteiger partial charge on any atom is -0.481 e. The summed E-state index contributed by atoms with van der Waals surface area (Å²) in [5.41, 5.74) is 0.899. The van der Waals surface area contributed by atoms with Crippen LogP contribution in [0.5, 0.6) is 5.75 Å². The Hall–Kier alpha value is -3.19. The highest BCUT2D eigenvalue weighted by Gasteiger charge is 2.27. The number of fused-ring (bicyclic) bond motifs is 1.